The number of rotatable bonds is 5. The number of carbonyl (C=O) groups excluding carboxylic acids is 1. The quantitative estimate of drug-likeness (QED) is 0.809. The van der Waals surface area contributed by atoms with Crippen molar-refractivity contribution >= 4 is 11.6 Å². The first-order chi connectivity index (χ1) is 10.1. The molecule has 116 valence electrons. The first-order valence-electron chi connectivity index (χ1n) is 7.47. The minimum atomic E-state index is 0.0612. The highest BCUT2D eigenvalue weighted by Crippen LogP contribution is 2.24. The molecule has 1 aliphatic heterocycles. The molecule has 0 aromatic heterocycles. The number of nitrogen functional groups attached to an aromatic ring is 1. The molecule has 0 bridgehead atoms. The Bertz CT molecular complexity index is 482. The molecule has 1 amide bonds. The lowest BCUT2D eigenvalue weighted by Crippen LogP contribution is -2.37. The van der Waals surface area contributed by atoms with E-state index in [1.54, 1.807) is 14.0 Å². The average molecular weight is 291 g/mol. The van der Waals surface area contributed by atoms with Gasteiger partial charge >= 0.3 is 0 Å². The summed E-state index contributed by atoms with van der Waals surface area (Å²) in [6.45, 7) is 5.43. The van der Waals surface area contributed by atoms with Crippen LogP contribution >= 0.6 is 0 Å². The molecule has 1 aliphatic rings. The Morgan fingerprint density at radius 2 is 2.14 bits per heavy atom. The number of anilines is 1. The van der Waals surface area contributed by atoms with E-state index in [0.717, 1.165) is 44.8 Å². The third kappa shape index (κ3) is 4.63. The first kappa shape index (κ1) is 15.6. The van der Waals surface area contributed by atoms with Gasteiger partial charge in [-0.25, -0.2) is 0 Å². The van der Waals surface area contributed by atoms with Crippen molar-refractivity contribution in [3.05, 3.63) is 23.8 Å². The van der Waals surface area contributed by atoms with E-state index in [2.05, 4.69) is 16.3 Å². The van der Waals surface area contributed by atoms with Crippen molar-refractivity contribution in [3.63, 3.8) is 0 Å². The van der Waals surface area contributed by atoms with Crippen molar-refractivity contribution in [2.24, 2.45) is 5.92 Å². The van der Waals surface area contributed by atoms with Gasteiger partial charge in [0.1, 0.15) is 5.75 Å². The molecule has 5 nitrogen and oxygen atoms in total. The standard InChI is InChI=1S/C16H25N3O2/c1-12(20)18-10-13-5-7-19(8-6-13)11-14-3-4-16(21-2)15(17)9-14/h3-4,9,13H,5-8,10-11,17H2,1-2H3,(H,18,20). The monoisotopic (exact) mass is 291 g/mol. The van der Waals surface area contributed by atoms with Gasteiger partial charge in [-0.3, -0.25) is 9.69 Å². The minimum absolute atomic E-state index is 0.0612. The first-order valence-corrected chi connectivity index (χ1v) is 7.47. The van der Waals surface area contributed by atoms with Crippen LogP contribution in [0.15, 0.2) is 18.2 Å². The fourth-order valence-electron chi connectivity index (χ4n) is 2.78. The van der Waals surface area contributed by atoms with Gasteiger partial charge in [-0.15, -0.1) is 0 Å². The van der Waals surface area contributed by atoms with Gasteiger partial charge in [-0.2, -0.15) is 0 Å². The molecule has 1 heterocycles. The number of ether oxygens (including phenoxy) is 1. The summed E-state index contributed by atoms with van der Waals surface area (Å²) >= 11 is 0. The third-order valence-electron chi connectivity index (χ3n) is 4.05. The fraction of sp³-hybridized carbons (Fsp3) is 0.562. The van der Waals surface area contributed by atoms with Crippen LogP contribution in [0.3, 0.4) is 0 Å². The van der Waals surface area contributed by atoms with Crippen LogP contribution in [0.25, 0.3) is 0 Å². The van der Waals surface area contributed by atoms with Crippen molar-refractivity contribution in [2.45, 2.75) is 26.3 Å². The van der Waals surface area contributed by atoms with Crippen LogP contribution in [0.2, 0.25) is 0 Å². The number of nitrogens with one attached hydrogen (secondary N) is 1. The summed E-state index contributed by atoms with van der Waals surface area (Å²) < 4.78 is 5.18. The molecule has 0 saturated carbocycles. The molecule has 1 fully saturated rings. The third-order valence-corrected chi connectivity index (χ3v) is 4.05. The van der Waals surface area contributed by atoms with Gasteiger partial charge in [0.05, 0.1) is 12.8 Å². The lowest BCUT2D eigenvalue weighted by Gasteiger charge is -2.32. The van der Waals surface area contributed by atoms with Gasteiger partial charge in [-0.05, 0) is 49.5 Å². The summed E-state index contributed by atoms with van der Waals surface area (Å²) in [5, 5.41) is 2.91. The number of hydrogen-bond acceptors (Lipinski definition) is 4. The molecule has 0 atom stereocenters. The summed E-state index contributed by atoms with van der Waals surface area (Å²) in [7, 11) is 1.63. The van der Waals surface area contributed by atoms with Crippen molar-refractivity contribution < 1.29 is 9.53 Å². The van der Waals surface area contributed by atoms with E-state index in [0.29, 0.717) is 11.6 Å². The van der Waals surface area contributed by atoms with Gasteiger partial charge < -0.3 is 15.8 Å². The van der Waals surface area contributed by atoms with Crippen molar-refractivity contribution in [1.29, 1.82) is 0 Å². The van der Waals surface area contributed by atoms with E-state index >= 15 is 0 Å². The number of benzene rings is 1. The molecular weight excluding hydrogens is 266 g/mol. The number of carbonyl (C=O) groups is 1. The molecule has 2 rings (SSSR count). The molecular formula is C16H25N3O2. The minimum Gasteiger partial charge on any atom is -0.495 e. The van der Waals surface area contributed by atoms with Crippen LogP contribution in [-0.2, 0) is 11.3 Å². The van der Waals surface area contributed by atoms with Crippen molar-refractivity contribution in [2.75, 3.05) is 32.5 Å². The van der Waals surface area contributed by atoms with E-state index in [-0.39, 0.29) is 5.91 Å². The van der Waals surface area contributed by atoms with E-state index in [9.17, 15) is 4.79 Å². The molecule has 0 unspecified atom stereocenters. The van der Waals surface area contributed by atoms with Crippen LogP contribution in [0, 0.1) is 5.92 Å². The highest BCUT2D eigenvalue weighted by atomic mass is 16.5. The van der Waals surface area contributed by atoms with E-state index in [1.807, 2.05) is 12.1 Å². The topological polar surface area (TPSA) is 67.6 Å². The summed E-state index contributed by atoms with van der Waals surface area (Å²) in [5.74, 6) is 1.39. The number of nitrogens with two attached hydrogens (primary N) is 1. The number of amides is 1. The van der Waals surface area contributed by atoms with E-state index < -0.39 is 0 Å². The summed E-state index contributed by atoms with van der Waals surface area (Å²) in [5.41, 5.74) is 7.85. The normalized spacial score (nSPS) is 16.7. The second-order valence-electron chi connectivity index (χ2n) is 5.73. The van der Waals surface area contributed by atoms with E-state index in [4.69, 9.17) is 10.5 Å². The zero-order valence-electron chi connectivity index (χ0n) is 12.9. The number of hydrogen-bond donors (Lipinski definition) is 2. The Morgan fingerprint density at radius 1 is 1.43 bits per heavy atom. The number of piperidine rings is 1. The van der Waals surface area contributed by atoms with Crippen molar-refractivity contribution in [1.82, 2.24) is 10.2 Å². The fourth-order valence-corrected chi connectivity index (χ4v) is 2.78. The number of likely N-dealkylation sites (tertiary alicyclic amines) is 1. The Labute approximate surface area is 126 Å². The lowest BCUT2D eigenvalue weighted by atomic mass is 9.96. The molecule has 0 aliphatic carbocycles. The molecule has 21 heavy (non-hydrogen) atoms. The Balaban J connectivity index is 1.80. The molecule has 5 heteroatoms. The predicted molar refractivity (Wildman–Crippen MR) is 84.1 cm³/mol. The molecule has 1 saturated heterocycles. The van der Waals surface area contributed by atoms with Crippen LogP contribution in [0.5, 0.6) is 5.75 Å². The molecule has 0 spiro atoms. The highest BCUT2D eigenvalue weighted by molar-refractivity contribution is 5.72. The Kier molecular flexibility index (Phi) is 5.44. The Hall–Kier alpha value is -1.75. The molecule has 3 N–H and O–H groups in total. The Morgan fingerprint density at radius 3 is 2.71 bits per heavy atom. The molecule has 0 radical (unpaired) electrons. The maximum Gasteiger partial charge on any atom is 0.216 e. The largest absolute Gasteiger partial charge is 0.495 e. The van der Waals surface area contributed by atoms with Gasteiger partial charge in [-0.1, -0.05) is 6.07 Å². The van der Waals surface area contributed by atoms with Gasteiger partial charge in [0, 0.05) is 20.0 Å². The van der Waals surface area contributed by atoms with Crippen LogP contribution in [0.4, 0.5) is 5.69 Å². The highest BCUT2D eigenvalue weighted by Gasteiger charge is 2.19. The second kappa shape index (κ2) is 7.31. The van der Waals surface area contributed by atoms with E-state index in [1.165, 1.54) is 5.56 Å². The zero-order chi connectivity index (χ0) is 15.2. The van der Waals surface area contributed by atoms with Gasteiger partial charge in [0.15, 0.2) is 0 Å². The summed E-state index contributed by atoms with van der Waals surface area (Å²) in [6.07, 6.45) is 2.26. The maximum absolute atomic E-state index is 10.9. The summed E-state index contributed by atoms with van der Waals surface area (Å²) in [6, 6.07) is 5.98. The van der Waals surface area contributed by atoms with Crippen LogP contribution < -0.4 is 15.8 Å². The predicted octanol–water partition coefficient (Wildman–Crippen LogP) is 1.63. The lowest BCUT2D eigenvalue weighted by molar-refractivity contribution is -0.119. The SMILES string of the molecule is COc1ccc(CN2CCC(CNC(C)=O)CC2)cc1N. The molecule has 1 aromatic carbocycles. The number of nitrogens with zero attached hydrogens (tertiary/aromatic N) is 1. The maximum atomic E-state index is 10.9. The zero-order valence-corrected chi connectivity index (χ0v) is 12.9. The second-order valence-corrected chi connectivity index (χ2v) is 5.73. The molecule has 1 aromatic rings. The summed E-state index contributed by atoms with van der Waals surface area (Å²) in [4.78, 5) is 13.4. The smallest absolute Gasteiger partial charge is 0.216 e. The van der Waals surface area contributed by atoms with Crippen LogP contribution in [-0.4, -0.2) is 37.6 Å². The van der Waals surface area contributed by atoms with Gasteiger partial charge in [0.25, 0.3) is 0 Å². The van der Waals surface area contributed by atoms with Crippen LogP contribution in [0.1, 0.15) is 25.3 Å². The van der Waals surface area contributed by atoms with Gasteiger partial charge in [0.2, 0.25) is 5.91 Å². The average Bonchev–Trinajstić information content (AvgIpc) is 2.47. The number of methoxy groups -OCH3 is 1. The van der Waals surface area contributed by atoms with Crippen molar-refractivity contribution in [3.8, 4) is 5.75 Å².